The van der Waals surface area contributed by atoms with Crippen LogP contribution in [0.25, 0.3) is 10.9 Å². The first-order valence-electron chi connectivity index (χ1n) is 6.35. The Hall–Kier alpha value is -1.65. The highest BCUT2D eigenvalue weighted by Crippen LogP contribution is 2.24. The molecule has 1 heterocycles. The molecule has 1 N–H and O–H groups in total. The first-order chi connectivity index (χ1) is 10.1. The molecule has 0 fully saturated rings. The van der Waals surface area contributed by atoms with Gasteiger partial charge in [-0.1, -0.05) is 23.7 Å². The Balaban J connectivity index is 1.88. The summed E-state index contributed by atoms with van der Waals surface area (Å²) in [7, 11) is 0. The van der Waals surface area contributed by atoms with Gasteiger partial charge in [0.25, 0.3) is 0 Å². The Kier molecular flexibility index (Phi) is 4.08. The Morgan fingerprint density at radius 1 is 1.19 bits per heavy atom. The molecule has 106 valence electrons. The van der Waals surface area contributed by atoms with Crippen LogP contribution >= 0.6 is 27.5 Å². The average molecular weight is 366 g/mol. The summed E-state index contributed by atoms with van der Waals surface area (Å²) in [6.45, 7) is 0.480. The van der Waals surface area contributed by atoms with Crippen LogP contribution in [0.2, 0.25) is 5.02 Å². The van der Waals surface area contributed by atoms with Crippen LogP contribution in [-0.2, 0) is 6.54 Å². The van der Waals surface area contributed by atoms with Crippen molar-refractivity contribution < 1.29 is 4.39 Å². The first kappa shape index (κ1) is 14.3. The first-order valence-corrected chi connectivity index (χ1v) is 7.52. The standard InChI is InChI=1S/C16H11BrClFN2/c17-12-6-11-2-1-3-15(16(11)21-9-12)20-8-10-4-13(18)7-14(19)5-10/h1-7,9,20H,8H2. The minimum atomic E-state index is -0.334. The van der Waals surface area contributed by atoms with E-state index in [1.165, 1.54) is 12.1 Å². The summed E-state index contributed by atoms with van der Waals surface area (Å²) in [5, 5.41) is 4.70. The second-order valence-corrected chi connectivity index (χ2v) is 6.01. The summed E-state index contributed by atoms with van der Waals surface area (Å²) in [6.07, 6.45) is 1.76. The lowest BCUT2D eigenvalue weighted by atomic mass is 10.1. The number of fused-ring (bicyclic) bond motifs is 1. The quantitative estimate of drug-likeness (QED) is 0.672. The van der Waals surface area contributed by atoms with E-state index in [0.29, 0.717) is 11.6 Å². The largest absolute Gasteiger partial charge is 0.379 e. The Morgan fingerprint density at radius 2 is 2.05 bits per heavy atom. The number of nitrogens with zero attached hydrogens (tertiary/aromatic N) is 1. The van der Waals surface area contributed by atoms with Crippen LogP contribution in [0.5, 0.6) is 0 Å². The number of rotatable bonds is 3. The minimum absolute atomic E-state index is 0.334. The van der Waals surface area contributed by atoms with Gasteiger partial charge in [0.1, 0.15) is 5.82 Å². The second kappa shape index (κ2) is 6.00. The van der Waals surface area contributed by atoms with Crippen molar-refractivity contribution in [3.8, 4) is 0 Å². The third kappa shape index (κ3) is 3.34. The van der Waals surface area contributed by atoms with E-state index in [9.17, 15) is 4.39 Å². The molecular weight excluding hydrogens is 355 g/mol. The van der Waals surface area contributed by atoms with E-state index in [4.69, 9.17) is 11.6 Å². The maximum Gasteiger partial charge on any atom is 0.125 e. The van der Waals surface area contributed by atoms with Crippen molar-refractivity contribution >= 4 is 44.1 Å². The molecule has 1 aromatic heterocycles. The summed E-state index contributed by atoms with van der Waals surface area (Å²) in [4.78, 5) is 4.42. The van der Waals surface area contributed by atoms with Crippen LogP contribution in [-0.4, -0.2) is 4.98 Å². The van der Waals surface area contributed by atoms with Crippen molar-refractivity contribution in [2.24, 2.45) is 0 Å². The summed E-state index contributed by atoms with van der Waals surface area (Å²) in [6, 6.07) is 12.4. The number of para-hydroxylation sites is 1. The Bertz CT molecular complexity index is 787. The van der Waals surface area contributed by atoms with E-state index < -0.39 is 0 Å². The molecule has 0 amide bonds. The zero-order valence-corrected chi connectivity index (χ0v) is 13.2. The number of nitrogens with one attached hydrogen (secondary N) is 1. The summed E-state index contributed by atoms with van der Waals surface area (Å²) < 4.78 is 14.3. The lowest BCUT2D eigenvalue weighted by Crippen LogP contribution is -2.01. The van der Waals surface area contributed by atoms with Gasteiger partial charge in [0.2, 0.25) is 0 Å². The number of anilines is 1. The lowest BCUT2D eigenvalue weighted by Gasteiger charge is -2.10. The molecule has 0 spiro atoms. The van der Waals surface area contributed by atoms with Crippen molar-refractivity contribution in [1.82, 2.24) is 4.98 Å². The molecule has 0 aliphatic rings. The van der Waals surface area contributed by atoms with Crippen LogP contribution in [0.1, 0.15) is 5.56 Å². The monoisotopic (exact) mass is 364 g/mol. The van der Waals surface area contributed by atoms with Crippen LogP contribution in [0.15, 0.2) is 53.1 Å². The topological polar surface area (TPSA) is 24.9 Å². The van der Waals surface area contributed by atoms with E-state index in [1.54, 1.807) is 12.3 Å². The number of benzene rings is 2. The van der Waals surface area contributed by atoms with Crippen LogP contribution in [0.3, 0.4) is 0 Å². The fourth-order valence-electron chi connectivity index (χ4n) is 2.19. The highest BCUT2D eigenvalue weighted by molar-refractivity contribution is 9.10. The van der Waals surface area contributed by atoms with E-state index >= 15 is 0 Å². The molecule has 0 bridgehead atoms. The third-order valence-electron chi connectivity index (χ3n) is 3.08. The maximum atomic E-state index is 13.3. The van der Waals surface area contributed by atoms with E-state index in [0.717, 1.165) is 26.6 Å². The van der Waals surface area contributed by atoms with Gasteiger partial charge in [-0.3, -0.25) is 4.98 Å². The number of halogens is 3. The van der Waals surface area contributed by atoms with Gasteiger partial charge in [0, 0.05) is 27.6 Å². The van der Waals surface area contributed by atoms with Gasteiger partial charge >= 0.3 is 0 Å². The van der Waals surface area contributed by atoms with Crippen molar-refractivity contribution in [3.05, 3.63) is 69.5 Å². The molecule has 3 aromatic rings. The highest BCUT2D eigenvalue weighted by Gasteiger charge is 2.04. The predicted molar refractivity (Wildman–Crippen MR) is 88.2 cm³/mol. The van der Waals surface area contributed by atoms with Crippen molar-refractivity contribution in [2.45, 2.75) is 6.54 Å². The summed E-state index contributed by atoms with van der Waals surface area (Å²) in [5.41, 5.74) is 2.57. The fourth-order valence-corrected chi connectivity index (χ4v) is 2.78. The van der Waals surface area contributed by atoms with Crippen LogP contribution in [0.4, 0.5) is 10.1 Å². The number of hydrogen-bond donors (Lipinski definition) is 1. The van der Waals surface area contributed by atoms with Gasteiger partial charge in [-0.25, -0.2) is 4.39 Å². The van der Waals surface area contributed by atoms with Gasteiger partial charge in [-0.2, -0.15) is 0 Å². The summed E-state index contributed by atoms with van der Waals surface area (Å²) >= 11 is 9.27. The van der Waals surface area contributed by atoms with Gasteiger partial charge in [0.05, 0.1) is 11.2 Å². The molecule has 2 aromatic carbocycles. The van der Waals surface area contributed by atoms with Crippen molar-refractivity contribution in [1.29, 1.82) is 0 Å². The van der Waals surface area contributed by atoms with Gasteiger partial charge in [0.15, 0.2) is 0 Å². The zero-order chi connectivity index (χ0) is 14.8. The molecule has 2 nitrogen and oxygen atoms in total. The highest BCUT2D eigenvalue weighted by atomic mass is 79.9. The number of hydrogen-bond acceptors (Lipinski definition) is 2. The predicted octanol–water partition coefficient (Wildman–Crippen LogP) is 5.40. The molecule has 0 saturated carbocycles. The third-order valence-corrected chi connectivity index (χ3v) is 3.73. The van der Waals surface area contributed by atoms with E-state index in [1.807, 2.05) is 24.3 Å². The van der Waals surface area contributed by atoms with Gasteiger partial charge < -0.3 is 5.32 Å². The molecule has 0 unspecified atom stereocenters. The van der Waals surface area contributed by atoms with Crippen molar-refractivity contribution in [3.63, 3.8) is 0 Å². The molecule has 21 heavy (non-hydrogen) atoms. The molecule has 0 atom stereocenters. The smallest absolute Gasteiger partial charge is 0.125 e. The van der Waals surface area contributed by atoms with Crippen LogP contribution < -0.4 is 5.32 Å². The Labute approximate surface area is 135 Å². The fraction of sp³-hybridized carbons (Fsp3) is 0.0625. The van der Waals surface area contributed by atoms with E-state index in [-0.39, 0.29) is 5.82 Å². The number of aromatic nitrogens is 1. The van der Waals surface area contributed by atoms with Crippen molar-refractivity contribution in [2.75, 3.05) is 5.32 Å². The molecule has 3 rings (SSSR count). The Morgan fingerprint density at radius 3 is 2.86 bits per heavy atom. The molecule has 0 aliphatic carbocycles. The second-order valence-electron chi connectivity index (χ2n) is 4.66. The van der Waals surface area contributed by atoms with E-state index in [2.05, 4.69) is 26.2 Å². The molecule has 0 saturated heterocycles. The lowest BCUT2D eigenvalue weighted by molar-refractivity contribution is 0.626. The van der Waals surface area contributed by atoms with Crippen LogP contribution in [0, 0.1) is 5.82 Å². The van der Waals surface area contributed by atoms with Gasteiger partial charge in [-0.05, 0) is 51.8 Å². The average Bonchev–Trinajstić information content (AvgIpc) is 2.43. The minimum Gasteiger partial charge on any atom is -0.379 e. The zero-order valence-electron chi connectivity index (χ0n) is 10.9. The normalized spacial score (nSPS) is 10.8. The molecule has 0 radical (unpaired) electrons. The maximum absolute atomic E-state index is 13.3. The molecule has 5 heteroatoms. The SMILES string of the molecule is Fc1cc(Cl)cc(CNc2cccc3cc(Br)cnc23)c1. The summed E-state index contributed by atoms with van der Waals surface area (Å²) in [5.74, 6) is -0.334. The molecule has 0 aliphatic heterocycles. The van der Waals surface area contributed by atoms with Gasteiger partial charge in [-0.15, -0.1) is 0 Å². The number of pyridine rings is 1. The molecular formula is C16H11BrClFN2.